The van der Waals surface area contributed by atoms with E-state index >= 15 is 0 Å². The Morgan fingerprint density at radius 2 is 1.67 bits per heavy atom. The Morgan fingerprint density at radius 3 is 2.30 bits per heavy atom. The van der Waals surface area contributed by atoms with Crippen LogP contribution in [0.4, 0.5) is 0 Å². The lowest BCUT2D eigenvalue weighted by Gasteiger charge is -2.35. The zero-order chi connectivity index (χ0) is 23.5. The summed E-state index contributed by atoms with van der Waals surface area (Å²) >= 11 is 0. The Hall–Kier alpha value is -3.68. The summed E-state index contributed by atoms with van der Waals surface area (Å²) in [7, 11) is 1.56. The molecule has 3 aromatic rings. The molecule has 0 unspecified atom stereocenters. The molecule has 0 bridgehead atoms. The van der Waals surface area contributed by atoms with E-state index in [2.05, 4.69) is 24.3 Å². The van der Waals surface area contributed by atoms with Gasteiger partial charge in [0.05, 0.1) is 24.7 Å². The lowest BCUT2D eigenvalue weighted by molar-refractivity contribution is -0.132. The molecule has 0 aliphatic carbocycles. The van der Waals surface area contributed by atoms with E-state index < -0.39 is 5.91 Å². The van der Waals surface area contributed by atoms with Gasteiger partial charge in [-0.15, -0.1) is 0 Å². The number of aromatic nitrogens is 2. The number of hydrogen-bond acceptors (Lipinski definition) is 5. The topological polar surface area (TPSA) is 93.5 Å². The van der Waals surface area contributed by atoms with Crippen LogP contribution in [0.15, 0.2) is 53.3 Å². The Balaban J connectivity index is 1.62. The fourth-order valence-corrected chi connectivity index (χ4v) is 4.47. The molecule has 1 aliphatic heterocycles. The van der Waals surface area contributed by atoms with Gasteiger partial charge in [-0.1, -0.05) is 32.0 Å². The Morgan fingerprint density at radius 1 is 1.03 bits per heavy atom. The fourth-order valence-electron chi connectivity index (χ4n) is 4.47. The first-order valence-electron chi connectivity index (χ1n) is 11.1. The number of nitrogens with one attached hydrogen (secondary N) is 1. The van der Waals surface area contributed by atoms with E-state index in [9.17, 15) is 14.4 Å². The van der Waals surface area contributed by atoms with Crippen molar-refractivity contribution >= 4 is 22.6 Å². The first-order valence-corrected chi connectivity index (χ1v) is 11.1. The molecule has 1 aliphatic rings. The third kappa shape index (κ3) is 4.74. The minimum absolute atomic E-state index is 0.0919. The second-order valence-electron chi connectivity index (χ2n) is 8.74. The number of benzene rings is 2. The van der Waals surface area contributed by atoms with Crippen LogP contribution in [0.5, 0.6) is 5.75 Å². The first kappa shape index (κ1) is 22.5. The van der Waals surface area contributed by atoms with Crippen molar-refractivity contribution in [2.45, 2.75) is 20.3 Å². The molecular formula is C25H28N4O4. The molecule has 2 atom stereocenters. The van der Waals surface area contributed by atoms with Crippen LogP contribution in [0.3, 0.4) is 0 Å². The van der Waals surface area contributed by atoms with Crippen LogP contribution in [0.25, 0.3) is 16.5 Å². The molecule has 1 aromatic heterocycles. The van der Waals surface area contributed by atoms with Crippen molar-refractivity contribution in [3.63, 3.8) is 0 Å². The van der Waals surface area contributed by atoms with Gasteiger partial charge in [-0.05, 0) is 48.6 Å². The summed E-state index contributed by atoms with van der Waals surface area (Å²) in [5.41, 5.74) is 0.266. The fraction of sp³-hybridized carbons (Fsp3) is 0.360. The molecule has 8 heteroatoms. The number of nitrogens with zero attached hydrogens (tertiary/aromatic N) is 3. The van der Waals surface area contributed by atoms with E-state index in [1.54, 1.807) is 55.6 Å². The normalized spacial score (nSPS) is 18.2. The van der Waals surface area contributed by atoms with Crippen LogP contribution in [-0.2, 0) is 4.79 Å². The molecule has 0 radical (unpaired) electrons. The van der Waals surface area contributed by atoms with E-state index in [0.29, 0.717) is 47.1 Å². The summed E-state index contributed by atoms with van der Waals surface area (Å²) in [6.45, 7) is 5.54. The van der Waals surface area contributed by atoms with Crippen LogP contribution in [0, 0.1) is 11.8 Å². The van der Waals surface area contributed by atoms with Crippen LogP contribution < -0.4 is 15.6 Å². The zero-order valence-corrected chi connectivity index (χ0v) is 19.1. The summed E-state index contributed by atoms with van der Waals surface area (Å²) in [4.78, 5) is 40.7. The van der Waals surface area contributed by atoms with Gasteiger partial charge < -0.3 is 15.0 Å². The number of methoxy groups -OCH3 is 1. The number of amides is 2. The van der Waals surface area contributed by atoms with E-state index in [-0.39, 0.29) is 23.7 Å². The standard InChI is InChI=1S/C25H28N4O4/c1-16-12-17(2)15-28(14-16)22(30)13-26-24(31)23-20-6-4-5-7-21(20)25(32)29(27-23)18-8-10-19(33-3)11-9-18/h4-11,16-17H,12-15H2,1-3H3,(H,26,31)/t16-,17-/m1/s1. The maximum atomic E-state index is 13.1. The summed E-state index contributed by atoms with van der Waals surface area (Å²) < 4.78 is 6.38. The van der Waals surface area contributed by atoms with Gasteiger partial charge in [-0.2, -0.15) is 9.78 Å². The van der Waals surface area contributed by atoms with Gasteiger partial charge in [0.25, 0.3) is 11.5 Å². The number of hydrogen-bond donors (Lipinski definition) is 1. The average Bonchev–Trinajstić information content (AvgIpc) is 2.82. The Bertz CT molecular complexity index is 1230. The largest absolute Gasteiger partial charge is 0.497 e. The monoisotopic (exact) mass is 448 g/mol. The van der Waals surface area contributed by atoms with Gasteiger partial charge in [-0.25, -0.2) is 0 Å². The van der Waals surface area contributed by atoms with Crippen molar-refractivity contribution in [1.82, 2.24) is 20.0 Å². The molecule has 1 N–H and O–H groups in total. The number of ether oxygens (including phenoxy) is 1. The van der Waals surface area contributed by atoms with Crippen LogP contribution in [0.1, 0.15) is 30.8 Å². The maximum Gasteiger partial charge on any atom is 0.279 e. The van der Waals surface area contributed by atoms with Crippen molar-refractivity contribution in [2.24, 2.45) is 11.8 Å². The highest BCUT2D eigenvalue weighted by Crippen LogP contribution is 2.21. The second-order valence-corrected chi connectivity index (χ2v) is 8.74. The summed E-state index contributed by atoms with van der Waals surface area (Å²) in [5, 5.41) is 7.89. The molecule has 2 aromatic carbocycles. The van der Waals surface area contributed by atoms with Crippen molar-refractivity contribution in [3.05, 3.63) is 64.6 Å². The van der Waals surface area contributed by atoms with Gasteiger partial charge in [0.2, 0.25) is 5.91 Å². The van der Waals surface area contributed by atoms with E-state index in [1.165, 1.54) is 4.68 Å². The first-order chi connectivity index (χ1) is 15.9. The number of likely N-dealkylation sites (tertiary alicyclic amines) is 1. The molecule has 0 saturated carbocycles. The van der Waals surface area contributed by atoms with E-state index in [0.717, 1.165) is 6.42 Å². The lowest BCUT2D eigenvalue weighted by Crippen LogP contribution is -2.47. The highest BCUT2D eigenvalue weighted by atomic mass is 16.5. The minimum atomic E-state index is -0.500. The van der Waals surface area contributed by atoms with Crippen molar-refractivity contribution in [3.8, 4) is 11.4 Å². The highest BCUT2D eigenvalue weighted by Gasteiger charge is 2.26. The van der Waals surface area contributed by atoms with Gasteiger partial charge in [0.15, 0.2) is 5.69 Å². The summed E-state index contributed by atoms with van der Waals surface area (Å²) in [6.07, 6.45) is 1.10. The molecule has 0 spiro atoms. The quantitative estimate of drug-likeness (QED) is 0.648. The third-order valence-electron chi connectivity index (χ3n) is 5.96. The highest BCUT2D eigenvalue weighted by molar-refractivity contribution is 6.05. The number of carbonyl (C=O) groups is 2. The predicted molar refractivity (Wildman–Crippen MR) is 126 cm³/mol. The van der Waals surface area contributed by atoms with Crippen LogP contribution in [0.2, 0.25) is 0 Å². The molecule has 2 heterocycles. The molecule has 2 amide bonds. The maximum absolute atomic E-state index is 13.1. The Kier molecular flexibility index (Phi) is 6.44. The summed E-state index contributed by atoms with van der Waals surface area (Å²) in [5.74, 6) is 0.902. The van der Waals surface area contributed by atoms with Crippen molar-refractivity contribution in [2.75, 3.05) is 26.7 Å². The van der Waals surface area contributed by atoms with E-state index in [4.69, 9.17) is 4.74 Å². The third-order valence-corrected chi connectivity index (χ3v) is 5.96. The average molecular weight is 449 g/mol. The van der Waals surface area contributed by atoms with Gasteiger partial charge in [0, 0.05) is 18.5 Å². The van der Waals surface area contributed by atoms with E-state index in [1.807, 2.05) is 4.90 Å². The van der Waals surface area contributed by atoms with Gasteiger partial charge in [-0.3, -0.25) is 14.4 Å². The summed E-state index contributed by atoms with van der Waals surface area (Å²) in [6, 6.07) is 13.7. The molecule has 33 heavy (non-hydrogen) atoms. The molecular weight excluding hydrogens is 420 g/mol. The molecule has 4 rings (SSSR count). The molecule has 8 nitrogen and oxygen atoms in total. The number of carbonyl (C=O) groups excluding carboxylic acids is 2. The Labute approximate surface area is 192 Å². The molecule has 172 valence electrons. The minimum Gasteiger partial charge on any atom is -0.497 e. The molecule has 1 saturated heterocycles. The number of fused-ring (bicyclic) bond motifs is 1. The second kappa shape index (κ2) is 9.44. The van der Waals surface area contributed by atoms with Gasteiger partial charge >= 0.3 is 0 Å². The predicted octanol–water partition coefficient (Wildman–Crippen LogP) is 2.63. The number of rotatable bonds is 5. The molecule has 1 fully saturated rings. The van der Waals surface area contributed by atoms with Crippen LogP contribution in [-0.4, -0.2) is 53.2 Å². The van der Waals surface area contributed by atoms with Crippen molar-refractivity contribution in [1.29, 1.82) is 0 Å². The van der Waals surface area contributed by atoms with Crippen LogP contribution >= 0.6 is 0 Å². The van der Waals surface area contributed by atoms with Gasteiger partial charge in [0.1, 0.15) is 5.75 Å². The lowest BCUT2D eigenvalue weighted by atomic mass is 9.92. The SMILES string of the molecule is COc1ccc(-n2nc(C(=O)NCC(=O)N3C[C@H](C)C[C@@H](C)C3)c3ccccc3c2=O)cc1. The van der Waals surface area contributed by atoms with Crippen molar-refractivity contribution < 1.29 is 14.3 Å². The zero-order valence-electron chi connectivity index (χ0n) is 19.1. The number of piperidine rings is 1. The smallest absolute Gasteiger partial charge is 0.279 e.